The van der Waals surface area contributed by atoms with Crippen molar-refractivity contribution in [2.45, 2.75) is 18.3 Å². The zero-order valence-corrected chi connectivity index (χ0v) is 9.93. The first-order chi connectivity index (χ1) is 5.45. The zero-order chi connectivity index (χ0) is 9.35. The van der Waals surface area contributed by atoms with Crippen molar-refractivity contribution in [3.05, 3.63) is 15.5 Å². The second-order valence-electron chi connectivity index (χ2n) is 2.19. The SMILES string of the molecule is CCc1nn(C(F)(F)Br)cc1I. The number of alkyl halides is 3. The Kier molecular flexibility index (Phi) is 3.08. The summed E-state index contributed by atoms with van der Waals surface area (Å²) in [4.78, 5) is -3.08. The first-order valence-electron chi connectivity index (χ1n) is 3.26. The van der Waals surface area contributed by atoms with Crippen molar-refractivity contribution in [1.29, 1.82) is 0 Å². The molecule has 0 aliphatic rings. The Hall–Kier alpha value is 0.280. The molecule has 0 saturated heterocycles. The molecule has 1 rings (SSSR count). The summed E-state index contributed by atoms with van der Waals surface area (Å²) in [7, 11) is 0. The Balaban J connectivity index is 3.05. The summed E-state index contributed by atoms with van der Waals surface area (Å²) in [6, 6.07) is 0. The van der Waals surface area contributed by atoms with Crippen LogP contribution in [0.25, 0.3) is 0 Å². The average molecular weight is 351 g/mol. The van der Waals surface area contributed by atoms with E-state index < -0.39 is 4.96 Å². The minimum atomic E-state index is -3.08. The molecule has 0 N–H and O–H groups in total. The molecule has 0 aliphatic carbocycles. The number of aryl methyl sites for hydroxylation is 1. The minimum Gasteiger partial charge on any atom is -0.198 e. The predicted octanol–water partition coefficient (Wildman–Crippen LogP) is 2.95. The van der Waals surface area contributed by atoms with E-state index in [1.807, 2.05) is 29.5 Å². The van der Waals surface area contributed by atoms with Crippen LogP contribution in [0.4, 0.5) is 8.78 Å². The van der Waals surface area contributed by atoms with E-state index in [1.165, 1.54) is 6.20 Å². The highest BCUT2D eigenvalue weighted by atomic mass is 127. The van der Waals surface area contributed by atoms with Crippen LogP contribution in [0.15, 0.2) is 6.20 Å². The lowest BCUT2D eigenvalue weighted by Crippen LogP contribution is -2.15. The summed E-state index contributed by atoms with van der Waals surface area (Å²) in [5, 5.41) is 3.71. The highest BCUT2D eigenvalue weighted by Crippen LogP contribution is 2.28. The maximum Gasteiger partial charge on any atom is 0.401 e. The highest BCUT2D eigenvalue weighted by Gasteiger charge is 2.28. The lowest BCUT2D eigenvalue weighted by atomic mass is 10.4. The summed E-state index contributed by atoms with van der Waals surface area (Å²) >= 11 is 4.21. The molecule has 68 valence electrons. The Bertz CT molecular complexity index is 282. The van der Waals surface area contributed by atoms with Gasteiger partial charge in [0.15, 0.2) is 0 Å². The average Bonchev–Trinajstić information content (AvgIpc) is 2.29. The van der Waals surface area contributed by atoms with Crippen LogP contribution in [0.3, 0.4) is 0 Å². The molecule has 0 aromatic carbocycles. The summed E-state index contributed by atoms with van der Waals surface area (Å²) in [6.45, 7) is 1.88. The molecule has 0 amide bonds. The Labute approximate surface area is 90.6 Å². The topological polar surface area (TPSA) is 17.8 Å². The van der Waals surface area contributed by atoms with Gasteiger partial charge in [-0.2, -0.15) is 18.6 Å². The number of nitrogens with zero attached hydrogens (tertiary/aromatic N) is 2. The zero-order valence-electron chi connectivity index (χ0n) is 6.19. The molecule has 2 nitrogen and oxygen atoms in total. The molecular weight excluding hydrogens is 345 g/mol. The van der Waals surface area contributed by atoms with Gasteiger partial charge < -0.3 is 0 Å². The molecule has 0 unspecified atom stereocenters. The molecule has 0 spiro atoms. The maximum atomic E-state index is 12.6. The lowest BCUT2D eigenvalue weighted by molar-refractivity contribution is 0.0196. The monoisotopic (exact) mass is 350 g/mol. The molecule has 0 bridgehead atoms. The van der Waals surface area contributed by atoms with Gasteiger partial charge in [-0.25, -0.2) is 0 Å². The van der Waals surface area contributed by atoms with Crippen molar-refractivity contribution in [2.75, 3.05) is 0 Å². The van der Waals surface area contributed by atoms with E-state index in [2.05, 4.69) is 21.0 Å². The van der Waals surface area contributed by atoms with E-state index in [9.17, 15) is 8.78 Å². The highest BCUT2D eigenvalue weighted by molar-refractivity contribution is 14.1. The van der Waals surface area contributed by atoms with Gasteiger partial charge in [-0.05, 0) is 29.0 Å². The third kappa shape index (κ3) is 2.15. The van der Waals surface area contributed by atoms with Gasteiger partial charge in [0.2, 0.25) is 0 Å². The van der Waals surface area contributed by atoms with Gasteiger partial charge in [0.1, 0.15) is 0 Å². The van der Waals surface area contributed by atoms with Crippen molar-refractivity contribution in [1.82, 2.24) is 9.78 Å². The van der Waals surface area contributed by atoms with Gasteiger partial charge in [-0.15, -0.1) is 0 Å². The van der Waals surface area contributed by atoms with E-state index in [0.717, 1.165) is 3.57 Å². The molecule has 12 heavy (non-hydrogen) atoms. The first-order valence-corrected chi connectivity index (χ1v) is 5.13. The molecule has 1 aromatic heterocycles. The maximum absolute atomic E-state index is 12.6. The van der Waals surface area contributed by atoms with Gasteiger partial charge >= 0.3 is 4.96 Å². The third-order valence-corrected chi connectivity index (χ3v) is 2.60. The molecular formula is C6H6BrF2IN2. The first kappa shape index (κ1) is 10.4. The molecule has 0 radical (unpaired) electrons. The van der Waals surface area contributed by atoms with Crippen molar-refractivity contribution >= 4 is 38.5 Å². The van der Waals surface area contributed by atoms with Crippen LogP contribution in [0.1, 0.15) is 12.6 Å². The Morgan fingerprint density at radius 3 is 2.58 bits per heavy atom. The number of aromatic nitrogens is 2. The number of rotatable bonds is 2. The fraction of sp³-hybridized carbons (Fsp3) is 0.500. The van der Waals surface area contributed by atoms with Crippen LogP contribution < -0.4 is 0 Å². The molecule has 0 saturated carbocycles. The minimum absolute atomic E-state index is 0.619. The van der Waals surface area contributed by atoms with Crippen molar-refractivity contribution in [2.24, 2.45) is 0 Å². The fourth-order valence-electron chi connectivity index (χ4n) is 0.758. The van der Waals surface area contributed by atoms with Crippen LogP contribution in [-0.4, -0.2) is 9.78 Å². The smallest absolute Gasteiger partial charge is 0.198 e. The van der Waals surface area contributed by atoms with Gasteiger partial charge in [0.05, 0.1) is 9.26 Å². The summed E-state index contributed by atoms with van der Waals surface area (Å²) < 4.78 is 26.6. The largest absolute Gasteiger partial charge is 0.401 e. The Morgan fingerprint density at radius 2 is 2.33 bits per heavy atom. The van der Waals surface area contributed by atoms with Crippen LogP contribution in [0, 0.1) is 3.57 Å². The van der Waals surface area contributed by atoms with Crippen molar-refractivity contribution in [3.8, 4) is 0 Å². The standard InChI is InChI=1S/C6H6BrF2IN2/c1-2-5-4(10)3-12(11-5)6(7,8)9/h3H,2H2,1H3. The van der Waals surface area contributed by atoms with E-state index in [0.29, 0.717) is 16.8 Å². The van der Waals surface area contributed by atoms with Gasteiger partial charge in [0.25, 0.3) is 0 Å². The van der Waals surface area contributed by atoms with Crippen molar-refractivity contribution in [3.63, 3.8) is 0 Å². The van der Waals surface area contributed by atoms with Crippen molar-refractivity contribution < 1.29 is 8.78 Å². The fourth-order valence-corrected chi connectivity index (χ4v) is 1.69. The molecule has 1 heterocycles. The molecule has 0 aliphatic heterocycles. The van der Waals surface area contributed by atoms with E-state index in [1.54, 1.807) is 0 Å². The second kappa shape index (κ2) is 3.57. The molecule has 0 fully saturated rings. The molecule has 0 atom stereocenters. The Morgan fingerprint density at radius 1 is 1.75 bits per heavy atom. The van der Waals surface area contributed by atoms with Crippen LogP contribution >= 0.6 is 38.5 Å². The van der Waals surface area contributed by atoms with E-state index in [4.69, 9.17) is 0 Å². The van der Waals surface area contributed by atoms with Gasteiger partial charge in [-0.1, -0.05) is 6.92 Å². The second-order valence-corrected chi connectivity index (χ2v) is 4.31. The van der Waals surface area contributed by atoms with Gasteiger partial charge in [-0.3, -0.25) is 0 Å². The van der Waals surface area contributed by atoms with E-state index in [-0.39, 0.29) is 0 Å². The predicted molar refractivity (Wildman–Crippen MR) is 53.4 cm³/mol. The van der Waals surface area contributed by atoms with Crippen LogP contribution in [0.2, 0.25) is 0 Å². The van der Waals surface area contributed by atoms with Crippen LogP contribution in [0.5, 0.6) is 0 Å². The van der Waals surface area contributed by atoms with E-state index >= 15 is 0 Å². The summed E-state index contributed by atoms with van der Waals surface area (Å²) in [5.41, 5.74) is 0.690. The molecule has 6 heteroatoms. The normalized spacial score (nSPS) is 12.1. The molecule has 1 aromatic rings. The number of hydrogen-bond acceptors (Lipinski definition) is 1. The summed E-state index contributed by atoms with van der Waals surface area (Å²) in [6.07, 6.45) is 1.97. The summed E-state index contributed by atoms with van der Waals surface area (Å²) in [5.74, 6) is 0. The quantitative estimate of drug-likeness (QED) is 0.592. The lowest BCUT2D eigenvalue weighted by Gasteiger charge is -2.06. The third-order valence-electron chi connectivity index (χ3n) is 1.33. The number of hydrogen-bond donors (Lipinski definition) is 0. The van der Waals surface area contributed by atoms with Gasteiger partial charge in [0, 0.05) is 22.1 Å². The van der Waals surface area contributed by atoms with Crippen LogP contribution in [-0.2, 0) is 11.4 Å². The number of halogens is 4.